The largest absolute Gasteiger partial charge is 0.493 e. The number of ether oxygens (including phenoxy) is 3. The number of benzene rings is 1. The molecule has 0 unspecified atom stereocenters. The number of nitrogens with zero attached hydrogens (tertiary/aromatic N) is 1. The van der Waals surface area contributed by atoms with Crippen LogP contribution in [0.15, 0.2) is 18.2 Å². The molecule has 1 aliphatic heterocycles. The highest BCUT2D eigenvalue weighted by Crippen LogP contribution is 2.32. The van der Waals surface area contributed by atoms with E-state index in [-0.39, 0.29) is 18.2 Å². The number of nitrogens with two attached hydrogens (primary N) is 1. The van der Waals surface area contributed by atoms with Crippen molar-refractivity contribution < 1.29 is 14.2 Å². The van der Waals surface area contributed by atoms with Gasteiger partial charge >= 0.3 is 0 Å². The molecule has 1 aromatic carbocycles. The van der Waals surface area contributed by atoms with Crippen LogP contribution in [0, 0.1) is 0 Å². The summed E-state index contributed by atoms with van der Waals surface area (Å²) in [5.41, 5.74) is 7.18. The third-order valence-electron chi connectivity index (χ3n) is 3.90. The molecule has 0 saturated carbocycles. The second-order valence-electron chi connectivity index (χ2n) is 5.58. The van der Waals surface area contributed by atoms with E-state index >= 15 is 0 Å². The van der Waals surface area contributed by atoms with Gasteiger partial charge in [0.1, 0.15) is 0 Å². The van der Waals surface area contributed by atoms with Gasteiger partial charge in [-0.1, -0.05) is 6.07 Å². The monoisotopic (exact) mass is 294 g/mol. The van der Waals surface area contributed by atoms with Crippen LogP contribution in [0.25, 0.3) is 0 Å². The number of rotatable bonds is 5. The van der Waals surface area contributed by atoms with Crippen LogP contribution in [0.4, 0.5) is 0 Å². The Hall–Kier alpha value is -1.30. The zero-order chi connectivity index (χ0) is 15.4. The molecule has 0 bridgehead atoms. The van der Waals surface area contributed by atoms with Gasteiger partial charge in [0, 0.05) is 25.7 Å². The summed E-state index contributed by atoms with van der Waals surface area (Å²) >= 11 is 0. The summed E-state index contributed by atoms with van der Waals surface area (Å²) in [6.45, 7) is 6.55. The van der Waals surface area contributed by atoms with Gasteiger partial charge in [0.25, 0.3) is 0 Å². The lowest BCUT2D eigenvalue weighted by Crippen LogP contribution is -2.48. The molecular weight excluding hydrogens is 268 g/mol. The van der Waals surface area contributed by atoms with E-state index in [1.54, 1.807) is 14.2 Å². The molecule has 1 saturated heterocycles. The smallest absolute Gasteiger partial charge is 0.161 e. The molecule has 1 fully saturated rings. The molecule has 1 aromatic rings. The molecule has 0 aromatic heterocycles. The van der Waals surface area contributed by atoms with Crippen LogP contribution >= 0.6 is 0 Å². The highest BCUT2D eigenvalue weighted by molar-refractivity contribution is 5.44. The highest BCUT2D eigenvalue weighted by Gasteiger charge is 2.28. The van der Waals surface area contributed by atoms with E-state index in [0.29, 0.717) is 6.54 Å². The number of hydrogen-bond donors (Lipinski definition) is 1. The molecule has 5 heteroatoms. The molecule has 2 N–H and O–H groups in total. The lowest BCUT2D eigenvalue weighted by Gasteiger charge is -2.40. The number of methoxy groups -OCH3 is 2. The van der Waals surface area contributed by atoms with Gasteiger partial charge in [-0.2, -0.15) is 0 Å². The number of hydrogen-bond acceptors (Lipinski definition) is 5. The van der Waals surface area contributed by atoms with Crippen LogP contribution in [0.2, 0.25) is 0 Å². The zero-order valence-corrected chi connectivity index (χ0v) is 13.3. The van der Waals surface area contributed by atoms with Crippen LogP contribution in [0.3, 0.4) is 0 Å². The van der Waals surface area contributed by atoms with Crippen molar-refractivity contribution in [3.8, 4) is 11.5 Å². The Bertz CT molecular complexity index is 457. The van der Waals surface area contributed by atoms with Gasteiger partial charge < -0.3 is 19.9 Å². The topological polar surface area (TPSA) is 57.0 Å². The van der Waals surface area contributed by atoms with Crippen LogP contribution < -0.4 is 15.2 Å². The zero-order valence-electron chi connectivity index (χ0n) is 13.3. The van der Waals surface area contributed by atoms with Crippen molar-refractivity contribution in [2.24, 2.45) is 5.73 Å². The lowest BCUT2D eigenvalue weighted by atomic mass is 10.0. The predicted octanol–water partition coefficient (Wildman–Crippen LogP) is 1.81. The molecule has 3 atom stereocenters. The normalized spacial score (nSPS) is 24.6. The Morgan fingerprint density at radius 3 is 2.33 bits per heavy atom. The molecule has 0 aliphatic carbocycles. The van der Waals surface area contributed by atoms with Gasteiger partial charge in [0.2, 0.25) is 0 Å². The van der Waals surface area contributed by atoms with E-state index < -0.39 is 0 Å². The van der Waals surface area contributed by atoms with Gasteiger partial charge in [-0.05, 0) is 31.5 Å². The molecule has 1 aliphatic rings. The maximum Gasteiger partial charge on any atom is 0.161 e. The SMILES string of the molecule is COc1ccc([C@H](CN)N2C[C@@H](C)O[C@@H](C)C2)cc1OC. The fraction of sp³-hybridized carbons (Fsp3) is 0.625. The van der Waals surface area contributed by atoms with Crippen molar-refractivity contribution in [2.75, 3.05) is 33.9 Å². The molecule has 2 rings (SSSR count). The van der Waals surface area contributed by atoms with Crippen molar-refractivity contribution in [3.05, 3.63) is 23.8 Å². The third kappa shape index (κ3) is 3.67. The average Bonchev–Trinajstić information content (AvgIpc) is 2.46. The first-order chi connectivity index (χ1) is 10.1. The fourth-order valence-corrected chi connectivity index (χ4v) is 3.03. The minimum Gasteiger partial charge on any atom is -0.493 e. The summed E-state index contributed by atoms with van der Waals surface area (Å²) in [4.78, 5) is 2.39. The van der Waals surface area contributed by atoms with Gasteiger partial charge in [-0.25, -0.2) is 0 Å². The highest BCUT2D eigenvalue weighted by atomic mass is 16.5. The Kier molecular flexibility index (Phi) is 5.45. The van der Waals surface area contributed by atoms with E-state index in [2.05, 4.69) is 24.8 Å². The molecule has 0 spiro atoms. The summed E-state index contributed by atoms with van der Waals surface area (Å²) < 4.78 is 16.5. The summed E-state index contributed by atoms with van der Waals surface area (Å²) in [6.07, 6.45) is 0.450. The first-order valence-corrected chi connectivity index (χ1v) is 7.40. The molecule has 1 heterocycles. The summed E-state index contributed by atoms with van der Waals surface area (Å²) in [5, 5.41) is 0. The van der Waals surface area contributed by atoms with E-state index in [1.807, 2.05) is 12.1 Å². The Morgan fingerprint density at radius 1 is 1.19 bits per heavy atom. The predicted molar refractivity (Wildman–Crippen MR) is 82.9 cm³/mol. The number of morpholine rings is 1. The van der Waals surface area contributed by atoms with E-state index in [4.69, 9.17) is 19.9 Å². The van der Waals surface area contributed by atoms with Crippen molar-refractivity contribution in [3.63, 3.8) is 0 Å². The van der Waals surface area contributed by atoms with Gasteiger partial charge in [0.05, 0.1) is 26.4 Å². The molecule has 0 radical (unpaired) electrons. The summed E-state index contributed by atoms with van der Waals surface area (Å²) in [7, 11) is 3.29. The standard InChI is InChI=1S/C16H26N2O3/c1-11-9-18(10-12(2)21-11)14(8-17)13-5-6-15(19-3)16(7-13)20-4/h5-7,11-12,14H,8-10,17H2,1-4H3/t11-,12+,14-/m0/s1. The fourth-order valence-electron chi connectivity index (χ4n) is 3.03. The maximum atomic E-state index is 6.03. The Balaban J connectivity index is 2.24. The van der Waals surface area contributed by atoms with Gasteiger partial charge in [0.15, 0.2) is 11.5 Å². The van der Waals surface area contributed by atoms with Crippen LogP contribution in [-0.4, -0.2) is 51.0 Å². The molecular formula is C16H26N2O3. The molecule has 21 heavy (non-hydrogen) atoms. The maximum absolute atomic E-state index is 6.03. The van der Waals surface area contributed by atoms with Gasteiger partial charge in [-0.15, -0.1) is 0 Å². The van der Waals surface area contributed by atoms with Crippen LogP contribution in [-0.2, 0) is 4.74 Å². The minimum atomic E-state index is 0.165. The lowest BCUT2D eigenvalue weighted by molar-refractivity contribution is -0.0799. The van der Waals surface area contributed by atoms with Crippen LogP contribution in [0.1, 0.15) is 25.5 Å². The Labute approximate surface area is 127 Å². The van der Waals surface area contributed by atoms with Gasteiger partial charge in [-0.3, -0.25) is 4.90 Å². The first-order valence-electron chi connectivity index (χ1n) is 7.40. The molecule has 0 amide bonds. The van der Waals surface area contributed by atoms with Crippen molar-refractivity contribution >= 4 is 0 Å². The van der Waals surface area contributed by atoms with E-state index in [9.17, 15) is 0 Å². The van der Waals surface area contributed by atoms with Crippen molar-refractivity contribution in [2.45, 2.75) is 32.1 Å². The van der Waals surface area contributed by atoms with Crippen molar-refractivity contribution in [1.29, 1.82) is 0 Å². The van der Waals surface area contributed by atoms with Crippen molar-refractivity contribution in [1.82, 2.24) is 4.90 Å². The van der Waals surface area contributed by atoms with Crippen LogP contribution in [0.5, 0.6) is 11.5 Å². The summed E-state index contributed by atoms with van der Waals surface area (Å²) in [5.74, 6) is 1.48. The third-order valence-corrected chi connectivity index (χ3v) is 3.90. The Morgan fingerprint density at radius 2 is 1.81 bits per heavy atom. The molecule has 5 nitrogen and oxygen atoms in total. The van der Waals surface area contributed by atoms with E-state index in [0.717, 1.165) is 30.2 Å². The molecule has 118 valence electrons. The second-order valence-corrected chi connectivity index (χ2v) is 5.58. The average molecular weight is 294 g/mol. The quantitative estimate of drug-likeness (QED) is 0.897. The second kappa shape index (κ2) is 7.11. The summed E-state index contributed by atoms with van der Waals surface area (Å²) in [6, 6.07) is 6.17. The first kappa shape index (κ1) is 16.1. The van der Waals surface area contributed by atoms with E-state index in [1.165, 1.54) is 0 Å². The minimum absolute atomic E-state index is 0.165.